The Balaban J connectivity index is 2.03. The summed E-state index contributed by atoms with van der Waals surface area (Å²) in [4.78, 5) is 23.6. The molecule has 3 N–H and O–H groups in total. The topological polar surface area (TPSA) is 78.4 Å². The van der Waals surface area contributed by atoms with Gasteiger partial charge in [0.05, 0.1) is 18.3 Å². The first-order valence-electron chi connectivity index (χ1n) is 7.39. The maximum Gasteiger partial charge on any atom is 0.243 e. The summed E-state index contributed by atoms with van der Waals surface area (Å²) < 4.78 is 0. The first kappa shape index (κ1) is 16.7. The molecule has 0 aliphatic heterocycles. The monoisotopic (exact) mass is 312 g/mol. The summed E-state index contributed by atoms with van der Waals surface area (Å²) in [5.74, 6) is -0.368. The highest BCUT2D eigenvalue weighted by Gasteiger charge is 2.11. The number of para-hydroxylation sites is 2. The highest BCUT2D eigenvalue weighted by Crippen LogP contribution is 2.22. The Kier molecular flexibility index (Phi) is 5.49. The van der Waals surface area contributed by atoms with Crippen molar-refractivity contribution >= 4 is 23.1 Å². The van der Waals surface area contributed by atoms with Crippen LogP contribution in [0.5, 0.6) is 0 Å². The first-order valence-corrected chi connectivity index (χ1v) is 7.39. The lowest BCUT2D eigenvalue weighted by atomic mass is 10.1. The van der Waals surface area contributed by atoms with Crippen LogP contribution in [0.25, 0.3) is 0 Å². The van der Waals surface area contributed by atoms with Gasteiger partial charge in [-0.1, -0.05) is 30.3 Å². The highest BCUT2D eigenvalue weighted by atomic mass is 16.3. The zero-order valence-electron chi connectivity index (χ0n) is 13.2. The van der Waals surface area contributed by atoms with Crippen LogP contribution in [0.1, 0.15) is 35.9 Å². The lowest BCUT2D eigenvalue weighted by Crippen LogP contribution is -2.23. The molecular weight excluding hydrogens is 292 g/mol. The van der Waals surface area contributed by atoms with Gasteiger partial charge < -0.3 is 15.7 Å². The molecule has 0 bridgehead atoms. The summed E-state index contributed by atoms with van der Waals surface area (Å²) in [6, 6.07) is 14.1. The third-order valence-electron chi connectivity index (χ3n) is 3.43. The molecule has 2 aromatic carbocycles. The van der Waals surface area contributed by atoms with Gasteiger partial charge in [0.1, 0.15) is 0 Å². The molecule has 120 valence electrons. The standard InChI is InChI=1S/C18H20N2O3/c1-12(21)14-7-3-5-9-16(14)19-11-18(23)20-17-10-6-4-8-15(17)13(2)22/h3-10,12,19,21H,11H2,1-2H3,(H,20,23)/t12-/m0/s1. The Labute approximate surface area is 135 Å². The Hall–Kier alpha value is -2.66. The molecule has 1 amide bonds. The van der Waals surface area contributed by atoms with E-state index in [0.717, 1.165) is 5.56 Å². The van der Waals surface area contributed by atoms with E-state index in [9.17, 15) is 14.7 Å². The Bertz CT molecular complexity index is 711. The van der Waals surface area contributed by atoms with Crippen molar-refractivity contribution in [2.24, 2.45) is 0 Å². The summed E-state index contributed by atoms with van der Waals surface area (Å²) in [6.07, 6.45) is -0.625. The van der Waals surface area contributed by atoms with Crippen LogP contribution in [-0.2, 0) is 4.79 Å². The molecule has 0 saturated heterocycles. The molecule has 5 nitrogen and oxygen atoms in total. The second-order valence-electron chi connectivity index (χ2n) is 5.27. The minimum Gasteiger partial charge on any atom is -0.389 e. The predicted octanol–water partition coefficient (Wildman–Crippen LogP) is 2.99. The number of hydrogen-bond acceptors (Lipinski definition) is 4. The minimum absolute atomic E-state index is 0.0377. The molecule has 23 heavy (non-hydrogen) atoms. The van der Waals surface area contributed by atoms with Crippen molar-refractivity contribution in [1.82, 2.24) is 0 Å². The fourth-order valence-corrected chi connectivity index (χ4v) is 2.29. The largest absolute Gasteiger partial charge is 0.389 e. The van der Waals surface area contributed by atoms with Gasteiger partial charge in [-0.2, -0.15) is 0 Å². The van der Waals surface area contributed by atoms with E-state index in [-0.39, 0.29) is 18.2 Å². The van der Waals surface area contributed by atoms with Gasteiger partial charge in [-0.25, -0.2) is 0 Å². The van der Waals surface area contributed by atoms with Crippen LogP contribution >= 0.6 is 0 Å². The van der Waals surface area contributed by atoms with E-state index < -0.39 is 6.10 Å². The van der Waals surface area contributed by atoms with E-state index in [1.54, 1.807) is 43.3 Å². The number of nitrogens with one attached hydrogen (secondary N) is 2. The molecule has 0 aliphatic carbocycles. The van der Waals surface area contributed by atoms with Crippen LogP contribution in [0, 0.1) is 0 Å². The van der Waals surface area contributed by atoms with Gasteiger partial charge in [0, 0.05) is 16.8 Å². The number of amides is 1. The summed E-state index contributed by atoms with van der Waals surface area (Å²) in [5.41, 5.74) is 2.41. The van der Waals surface area contributed by atoms with Crippen LogP contribution in [0.4, 0.5) is 11.4 Å². The summed E-state index contributed by atoms with van der Waals surface area (Å²) in [6.45, 7) is 3.17. The SMILES string of the molecule is CC(=O)c1ccccc1NC(=O)CNc1ccccc1[C@H](C)O. The molecule has 2 rings (SSSR count). The average molecular weight is 312 g/mol. The van der Waals surface area contributed by atoms with Gasteiger partial charge in [-0.05, 0) is 32.0 Å². The Morgan fingerprint density at radius 2 is 1.65 bits per heavy atom. The van der Waals surface area contributed by atoms with Crippen LogP contribution < -0.4 is 10.6 Å². The molecular formula is C18H20N2O3. The maximum atomic E-state index is 12.1. The second kappa shape index (κ2) is 7.56. The number of rotatable bonds is 6. The third kappa shape index (κ3) is 4.40. The van der Waals surface area contributed by atoms with Gasteiger partial charge >= 0.3 is 0 Å². The van der Waals surface area contributed by atoms with Gasteiger partial charge in [-0.15, -0.1) is 0 Å². The van der Waals surface area contributed by atoms with Crippen LogP contribution in [-0.4, -0.2) is 23.3 Å². The van der Waals surface area contributed by atoms with Crippen molar-refractivity contribution in [2.75, 3.05) is 17.2 Å². The predicted molar refractivity (Wildman–Crippen MR) is 90.6 cm³/mol. The molecule has 0 fully saturated rings. The number of carbonyl (C=O) groups is 2. The number of carbonyl (C=O) groups excluding carboxylic acids is 2. The molecule has 2 aromatic rings. The quantitative estimate of drug-likeness (QED) is 0.717. The van der Waals surface area contributed by atoms with Crippen LogP contribution in [0.2, 0.25) is 0 Å². The number of Topliss-reactive ketones (excluding diaryl/α,β-unsaturated/α-hetero) is 1. The lowest BCUT2D eigenvalue weighted by molar-refractivity contribution is -0.114. The molecule has 0 radical (unpaired) electrons. The fraction of sp³-hybridized carbons (Fsp3) is 0.222. The van der Waals surface area contributed by atoms with Gasteiger partial charge in [0.15, 0.2) is 5.78 Å². The Morgan fingerprint density at radius 1 is 1.04 bits per heavy atom. The Morgan fingerprint density at radius 3 is 2.30 bits per heavy atom. The molecule has 0 saturated carbocycles. The second-order valence-corrected chi connectivity index (χ2v) is 5.27. The minimum atomic E-state index is -0.625. The lowest BCUT2D eigenvalue weighted by Gasteiger charge is -2.14. The van der Waals surface area contributed by atoms with Gasteiger partial charge in [0.2, 0.25) is 5.91 Å². The molecule has 1 atom stereocenters. The number of anilines is 2. The first-order chi connectivity index (χ1) is 11.0. The maximum absolute atomic E-state index is 12.1. The highest BCUT2D eigenvalue weighted by molar-refractivity contribution is 6.04. The van der Waals surface area contributed by atoms with E-state index >= 15 is 0 Å². The zero-order chi connectivity index (χ0) is 16.8. The molecule has 5 heteroatoms. The molecule has 0 unspecified atom stereocenters. The zero-order valence-corrected chi connectivity index (χ0v) is 13.2. The summed E-state index contributed by atoms with van der Waals surface area (Å²) in [5, 5.41) is 15.5. The van der Waals surface area contributed by atoms with E-state index in [2.05, 4.69) is 10.6 Å². The molecule has 0 heterocycles. The summed E-state index contributed by atoms with van der Waals surface area (Å²) in [7, 11) is 0. The third-order valence-corrected chi connectivity index (χ3v) is 3.43. The number of aliphatic hydroxyl groups excluding tert-OH is 1. The summed E-state index contributed by atoms with van der Waals surface area (Å²) >= 11 is 0. The molecule has 0 aliphatic rings. The van der Waals surface area contributed by atoms with Crippen molar-refractivity contribution in [2.45, 2.75) is 20.0 Å². The number of benzene rings is 2. The number of ketones is 1. The molecule has 0 aromatic heterocycles. The van der Waals surface area contributed by atoms with Crippen LogP contribution in [0.3, 0.4) is 0 Å². The van der Waals surface area contributed by atoms with Crippen molar-refractivity contribution < 1.29 is 14.7 Å². The smallest absolute Gasteiger partial charge is 0.243 e. The molecule has 0 spiro atoms. The number of hydrogen-bond donors (Lipinski definition) is 3. The van der Waals surface area contributed by atoms with Crippen molar-refractivity contribution in [3.63, 3.8) is 0 Å². The van der Waals surface area contributed by atoms with E-state index in [1.807, 2.05) is 12.1 Å². The van der Waals surface area contributed by atoms with Gasteiger partial charge in [-0.3, -0.25) is 9.59 Å². The number of aliphatic hydroxyl groups is 1. The van der Waals surface area contributed by atoms with Crippen LogP contribution in [0.15, 0.2) is 48.5 Å². The van der Waals surface area contributed by atoms with E-state index in [1.165, 1.54) is 6.92 Å². The average Bonchev–Trinajstić information content (AvgIpc) is 2.53. The van der Waals surface area contributed by atoms with Crippen molar-refractivity contribution in [3.8, 4) is 0 Å². The van der Waals surface area contributed by atoms with Crippen molar-refractivity contribution in [3.05, 3.63) is 59.7 Å². The fourth-order valence-electron chi connectivity index (χ4n) is 2.29. The van der Waals surface area contributed by atoms with E-state index in [0.29, 0.717) is 16.9 Å². The van der Waals surface area contributed by atoms with Gasteiger partial charge in [0.25, 0.3) is 0 Å². The van der Waals surface area contributed by atoms with E-state index in [4.69, 9.17) is 0 Å². The normalized spacial score (nSPS) is 11.6. The van der Waals surface area contributed by atoms with Crippen molar-refractivity contribution in [1.29, 1.82) is 0 Å².